The zero-order valence-electron chi connectivity index (χ0n) is 8.82. The summed E-state index contributed by atoms with van der Waals surface area (Å²) in [6.45, 7) is 2.60. The molecule has 0 aliphatic carbocycles. The van der Waals surface area contributed by atoms with E-state index in [9.17, 15) is 4.79 Å². The minimum Gasteiger partial charge on any atom is -0.462 e. The standard InChI is InChI=1S/C13H14O2/c1-2-11(10-6-4-3-5-7-10)12-8-9-15-13(12)14/h3-7H,2,8-9H2,1H3/b12-11+. The summed E-state index contributed by atoms with van der Waals surface area (Å²) in [6, 6.07) is 10.0. The lowest BCUT2D eigenvalue weighted by molar-refractivity contribution is -0.135. The Labute approximate surface area is 89.6 Å². The van der Waals surface area contributed by atoms with Crippen LogP contribution in [0.2, 0.25) is 0 Å². The van der Waals surface area contributed by atoms with Crippen LogP contribution in [-0.2, 0) is 9.53 Å². The maximum atomic E-state index is 11.5. The third-order valence-corrected chi connectivity index (χ3v) is 2.67. The van der Waals surface area contributed by atoms with Crippen LogP contribution in [0.25, 0.3) is 5.57 Å². The summed E-state index contributed by atoms with van der Waals surface area (Å²) >= 11 is 0. The molecule has 1 heterocycles. The van der Waals surface area contributed by atoms with Crippen molar-refractivity contribution in [2.75, 3.05) is 6.61 Å². The number of cyclic esters (lactones) is 1. The van der Waals surface area contributed by atoms with Gasteiger partial charge >= 0.3 is 5.97 Å². The van der Waals surface area contributed by atoms with E-state index in [2.05, 4.69) is 6.92 Å². The van der Waals surface area contributed by atoms with Crippen molar-refractivity contribution in [3.05, 3.63) is 41.5 Å². The van der Waals surface area contributed by atoms with Crippen molar-refractivity contribution < 1.29 is 9.53 Å². The van der Waals surface area contributed by atoms with E-state index in [1.807, 2.05) is 30.3 Å². The van der Waals surface area contributed by atoms with Crippen molar-refractivity contribution in [1.82, 2.24) is 0 Å². The molecule has 1 aromatic rings. The van der Waals surface area contributed by atoms with Crippen LogP contribution in [-0.4, -0.2) is 12.6 Å². The van der Waals surface area contributed by atoms with Gasteiger partial charge in [0, 0.05) is 12.0 Å². The van der Waals surface area contributed by atoms with E-state index in [0.717, 1.165) is 29.6 Å². The van der Waals surface area contributed by atoms with Gasteiger partial charge in [0.2, 0.25) is 0 Å². The highest BCUT2D eigenvalue weighted by Gasteiger charge is 2.22. The van der Waals surface area contributed by atoms with E-state index in [0.29, 0.717) is 6.61 Å². The van der Waals surface area contributed by atoms with Crippen LogP contribution in [0.5, 0.6) is 0 Å². The van der Waals surface area contributed by atoms with E-state index >= 15 is 0 Å². The van der Waals surface area contributed by atoms with Gasteiger partial charge in [0.1, 0.15) is 0 Å². The van der Waals surface area contributed by atoms with Crippen molar-refractivity contribution >= 4 is 11.5 Å². The highest BCUT2D eigenvalue weighted by molar-refractivity contribution is 5.99. The molecule has 0 spiro atoms. The van der Waals surface area contributed by atoms with Gasteiger partial charge in [-0.2, -0.15) is 0 Å². The molecule has 1 aromatic carbocycles. The average Bonchev–Trinajstić information content (AvgIpc) is 2.68. The maximum Gasteiger partial charge on any atom is 0.334 e. The fourth-order valence-corrected chi connectivity index (χ4v) is 1.94. The highest BCUT2D eigenvalue weighted by atomic mass is 16.5. The molecule has 0 N–H and O–H groups in total. The van der Waals surface area contributed by atoms with Crippen molar-refractivity contribution in [3.8, 4) is 0 Å². The van der Waals surface area contributed by atoms with Crippen LogP contribution < -0.4 is 0 Å². The second kappa shape index (κ2) is 4.30. The summed E-state index contributed by atoms with van der Waals surface area (Å²) in [7, 11) is 0. The Morgan fingerprint density at radius 3 is 2.60 bits per heavy atom. The first-order valence-corrected chi connectivity index (χ1v) is 5.27. The van der Waals surface area contributed by atoms with E-state index in [1.165, 1.54) is 0 Å². The molecule has 0 bridgehead atoms. The van der Waals surface area contributed by atoms with Gasteiger partial charge in [-0.3, -0.25) is 0 Å². The number of hydrogen-bond acceptors (Lipinski definition) is 2. The summed E-state index contributed by atoms with van der Waals surface area (Å²) < 4.78 is 4.97. The number of carbonyl (C=O) groups excluding carboxylic acids is 1. The SMILES string of the molecule is CC/C(=C1/CCOC1=O)c1ccccc1. The molecule has 15 heavy (non-hydrogen) atoms. The predicted octanol–water partition coefficient (Wildman–Crippen LogP) is 2.80. The van der Waals surface area contributed by atoms with Crippen molar-refractivity contribution in [1.29, 1.82) is 0 Å². The van der Waals surface area contributed by atoms with Gasteiger partial charge < -0.3 is 4.74 Å². The Balaban J connectivity index is 2.44. The normalized spacial score (nSPS) is 18.9. The highest BCUT2D eigenvalue weighted by Crippen LogP contribution is 2.27. The van der Waals surface area contributed by atoms with Gasteiger partial charge in [-0.25, -0.2) is 4.79 Å². The lowest BCUT2D eigenvalue weighted by Crippen LogP contribution is -1.98. The number of esters is 1. The predicted molar refractivity (Wildman–Crippen MR) is 59.2 cm³/mol. The van der Waals surface area contributed by atoms with Crippen molar-refractivity contribution in [3.63, 3.8) is 0 Å². The quantitative estimate of drug-likeness (QED) is 0.544. The Hall–Kier alpha value is -1.57. The van der Waals surface area contributed by atoms with Crippen LogP contribution in [0.1, 0.15) is 25.3 Å². The monoisotopic (exact) mass is 202 g/mol. The summed E-state index contributed by atoms with van der Waals surface area (Å²) in [5.74, 6) is -0.143. The molecule has 0 aromatic heterocycles. The second-order valence-corrected chi connectivity index (χ2v) is 3.56. The Bertz CT molecular complexity index is 390. The molecule has 78 valence electrons. The molecule has 0 radical (unpaired) electrons. The van der Waals surface area contributed by atoms with Gasteiger partial charge in [0.05, 0.1) is 6.61 Å². The number of allylic oxidation sites excluding steroid dienone is 1. The number of benzene rings is 1. The lowest BCUT2D eigenvalue weighted by atomic mass is 9.97. The van der Waals surface area contributed by atoms with Gasteiger partial charge in [0.25, 0.3) is 0 Å². The second-order valence-electron chi connectivity index (χ2n) is 3.56. The fourth-order valence-electron chi connectivity index (χ4n) is 1.94. The molecule has 2 nitrogen and oxygen atoms in total. The molecule has 1 saturated heterocycles. The topological polar surface area (TPSA) is 26.3 Å². The summed E-state index contributed by atoms with van der Waals surface area (Å²) in [5, 5.41) is 0. The van der Waals surface area contributed by atoms with E-state index in [4.69, 9.17) is 4.74 Å². The molecular formula is C13H14O2. The number of ether oxygens (including phenoxy) is 1. The van der Waals surface area contributed by atoms with Crippen molar-refractivity contribution in [2.24, 2.45) is 0 Å². The smallest absolute Gasteiger partial charge is 0.334 e. The Morgan fingerprint density at radius 2 is 2.07 bits per heavy atom. The first kappa shape index (κ1) is 9.97. The molecule has 2 heteroatoms. The minimum atomic E-state index is -0.143. The molecule has 1 aliphatic heterocycles. The fraction of sp³-hybridized carbons (Fsp3) is 0.308. The van der Waals surface area contributed by atoms with Crippen LogP contribution in [0.3, 0.4) is 0 Å². The lowest BCUT2D eigenvalue weighted by Gasteiger charge is -2.06. The molecule has 2 rings (SSSR count). The van der Waals surface area contributed by atoms with E-state index in [-0.39, 0.29) is 5.97 Å². The summed E-state index contributed by atoms with van der Waals surface area (Å²) in [4.78, 5) is 11.5. The molecule has 1 fully saturated rings. The molecule has 0 unspecified atom stereocenters. The van der Waals surface area contributed by atoms with Crippen LogP contribution in [0.4, 0.5) is 0 Å². The first-order valence-electron chi connectivity index (χ1n) is 5.27. The third kappa shape index (κ3) is 1.94. The molecule has 0 saturated carbocycles. The third-order valence-electron chi connectivity index (χ3n) is 2.67. The zero-order valence-corrected chi connectivity index (χ0v) is 8.82. The maximum absolute atomic E-state index is 11.5. The first-order chi connectivity index (χ1) is 7.33. The average molecular weight is 202 g/mol. The van der Waals surface area contributed by atoms with Crippen molar-refractivity contribution in [2.45, 2.75) is 19.8 Å². The van der Waals surface area contributed by atoms with Gasteiger partial charge in [-0.05, 0) is 17.6 Å². The number of hydrogen-bond donors (Lipinski definition) is 0. The zero-order chi connectivity index (χ0) is 10.7. The van der Waals surface area contributed by atoms with Gasteiger partial charge in [-0.15, -0.1) is 0 Å². The Morgan fingerprint density at radius 1 is 1.33 bits per heavy atom. The molecular weight excluding hydrogens is 188 g/mol. The molecule has 0 amide bonds. The number of carbonyl (C=O) groups is 1. The number of rotatable bonds is 2. The Kier molecular flexibility index (Phi) is 2.86. The van der Waals surface area contributed by atoms with Gasteiger partial charge in [0.15, 0.2) is 0 Å². The van der Waals surface area contributed by atoms with Crippen LogP contribution >= 0.6 is 0 Å². The molecule has 1 aliphatic rings. The summed E-state index contributed by atoms with van der Waals surface area (Å²) in [6.07, 6.45) is 1.62. The van der Waals surface area contributed by atoms with Crippen LogP contribution in [0, 0.1) is 0 Å². The van der Waals surface area contributed by atoms with Gasteiger partial charge in [-0.1, -0.05) is 37.3 Å². The van der Waals surface area contributed by atoms with E-state index in [1.54, 1.807) is 0 Å². The van der Waals surface area contributed by atoms with Crippen LogP contribution in [0.15, 0.2) is 35.9 Å². The summed E-state index contributed by atoms with van der Waals surface area (Å²) in [5.41, 5.74) is 3.11. The largest absolute Gasteiger partial charge is 0.462 e. The minimum absolute atomic E-state index is 0.143. The molecule has 0 atom stereocenters. The van der Waals surface area contributed by atoms with E-state index < -0.39 is 0 Å².